The first kappa shape index (κ1) is 32.6. The van der Waals surface area contributed by atoms with Crippen LogP contribution in [0.5, 0.6) is 11.5 Å². The smallest absolute Gasteiger partial charge is 0.192 e. The molecule has 0 unspecified atom stereocenters. The third kappa shape index (κ3) is 8.08. The zero-order valence-corrected chi connectivity index (χ0v) is 26.9. The number of rotatable bonds is 13. The predicted octanol–water partition coefficient (Wildman–Crippen LogP) is 6.52. The Labute approximate surface area is 242 Å². The average molecular weight is 575 g/mol. The lowest BCUT2D eigenvalue weighted by molar-refractivity contribution is -0.283. The predicted molar refractivity (Wildman–Crippen MR) is 161 cm³/mol. The number of hydrogen-bond acceptors (Lipinski definition) is 7. The lowest BCUT2D eigenvalue weighted by Crippen LogP contribution is -2.65. The zero-order chi connectivity index (χ0) is 29.6. The maximum atomic E-state index is 10.6. The normalized spacial score (nSPS) is 25.6. The summed E-state index contributed by atoms with van der Waals surface area (Å²) in [5.74, 6) is 1.63. The molecule has 1 aliphatic heterocycles. The van der Waals surface area contributed by atoms with Crippen molar-refractivity contribution in [3.05, 3.63) is 59.7 Å². The summed E-state index contributed by atoms with van der Waals surface area (Å²) in [5, 5.41) is 10.6. The van der Waals surface area contributed by atoms with Gasteiger partial charge in [0.25, 0.3) is 0 Å². The van der Waals surface area contributed by atoms with E-state index in [9.17, 15) is 5.11 Å². The number of aliphatic hydroxyl groups excluding tert-OH is 1. The molecule has 0 spiro atoms. The van der Waals surface area contributed by atoms with E-state index in [1.807, 2.05) is 55.5 Å². The van der Waals surface area contributed by atoms with Gasteiger partial charge >= 0.3 is 0 Å². The van der Waals surface area contributed by atoms with Crippen molar-refractivity contribution in [1.29, 1.82) is 0 Å². The van der Waals surface area contributed by atoms with Crippen molar-refractivity contribution in [3.8, 4) is 11.5 Å². The Balaban J connectivity index is 1.77. The van der Waals surface area contributed by atoms with Crippen molar-refractivity contribution in [3.63, 3.8) is 0 Å². The molecule has 0 saturated carbocycles. The second-order valence-corrected chi connectivity index (χ2v) is 17.5. The SMILES string of the molecule is COc1ccc(COCC[C@]2(C)O[C@](C)(CO)[C@@H](O[Si](C)(C)C(C)(C)C)C[C@H]2OCc2ccc(OC)cc2)cc1. The Morgan fingerprint density at radius 1 is 0.850 bits per heavy atom. The van der Waals surface area contributed by atoms with Gasteiger partial charge in [-0.05, 0) is 67.4 Å². The fourth-order valence-corrected chi connectivity index (χ4v) is 6.17. The van der Waals surface area contributed by atoms with Crippen molar-refractivity contribution < 1.29 is 33.2 Å². The summed E-state index contributed by atoms with van der Waals surface area (Å²) < 4.78 is 36.9. The highest BCUT2D eigenvalue weighted by molar-refractivity contribution is 6.74. The second kappa shape index (κ2) is 13.4. The molecule has 0 bridgehead atoms. The summed E-state index contributed by atoms with van der Waals surface area (Å²) in [4.78, 5) is 0. The number of hydrogen-bond donors (Lipinski definition) is 1. The molecular weight excluding hydrogens is 524 g/mol. The van der Waals surface area contributed by atoms with Gasteiger partial charge in [0, 0.05) is 19.4 Å². The van der Waals surface area contributed by atoms with Gasteiger partial charge in [-0.2, -0.15) is 0 Å². The molecule has 1 aliphatic rings. The number of methoxy groups -OCH3 is 2. The molecule has 1 saturated heterocycles. The van der Waals surface area contributed by atoms with E-state index in [-0.39, 0.29) is 23.9 Å². The van der Waals surface area contributed by atoms with Crippen molar-refractivity contribution in [1.82, 2.24) is 0 Å². The van der Waals surface area contributed by atoms with E-state index in [0.717, 1.165) is 22.6 Å². The maximum absolute atomic E-state index is 10.6. The maximum Gasteiger partial charge on any atom is 0.192 e. The molecule has 0 aliphatic carbocycles. The first-order chi connectivity index (χ1) is 18.7. The van der Waals surface area contributed by atoms with E-state index in [1.54, 1.807) is 14.2 Å². The van der Waals surface area contributed by atoms with E-state index >= 15 is 0 Å². The van der Waals surface area contributed by atoms with Crippen molar-refractivity contribution in [2.75, 3.05) is 27.4 Å². The summed E-state index contributed by atoms with van der Waals surface area (Å²) in [6, 6.07) is 15.8. The molecule has 4 atom stereocenters. The van der Waals surface area contributed by atoms with E-state index in [4.69, 9.17) is 28.1 Å². The molecule has 1 N–H and O–H groups in total. The van der Waals surface area contributed by atoms with Gasteiger partial charge in [0.2, 0.25) is 0 Å². The highest BCUT2D eigenvalue weighted by atomic mass is 28.4. The summed E-state index contributed by atoms with van der Waals surface area (Å²) in [5.41, 5.74) is 0.583. The van der Waals surface area contributed by atoms with Gasteiger partial charge in [-0.3, -0.25) is 0 Å². The lowest BCUT2D eigenvalue weighted by Gasteiger charge is -2.55. The van der Waals surface area contributed by atoms with Crippen LogP contribution in [0.25, 0.3) is 0 Å². The van der Waals surface area contributed by atoms with Crippen LogP contribution >= 0.6 is 0 Å². The van der Waals surface area contributed by atoms with Crippen molar-refractivity contribution in [2.24, 2.45) is 0 Å². The van der Waals surface area contributed by atoms with Gasteiger partial charge in [0.05, 0.1) is 51.8 Å². The van der Waals surface area contributed by atoms with Crippen LogP contribution in [0.1, 0.15) is 58.6 Å². The first-order valence-corrected chi connectivity index (χ1v) is 17.1. The number of ether oxygens (including phenoxy) is 5. The minimum atomic E-state index is -2.14. The third-order valence-electron chi connectivity index (χ3n) is 8.59. The van der Waals surface area contributed by atoms with Gasteiger partial charge in [0.1, 0.15) is 17.1 Å². The first-order valence-electron chi connectivity index (χ1n) is 14.2. The number of aliphatic hydroxyl groups is 1. The summed E-state index contributed by atoms with van der Waals surface area (Å²) in [6.45, 7) is 16.4. The molecule has 2 aromatic rings. The topological polar surface area (TPSA) is 75.6 Å². The number of benzene rings is 2. The van der Waals surface area contributed by atoms with E-state index in [2.05, 4.69) is 40.8 Å². The van der Waals surface area contributed by atoms with Gasteiger partial charge in [-0.1, -0.05) is 45.0 Å². The van der Waals surface area contributed by atoms with E-state index < -0.39 is 19.5 Å². The molecule has 40 heavy (non-hydrogen) atoms. The van der Waals surface area contributed by atoms with Crippen LogP contribution in [-0.4, -0.2) is 64.3 Å². The highest BCUT2D eigenvalue weighted by Crippen LogP contribution is 2.45. The van der Waals surface area contributed by atoms with Crippen LogP contribution < -0.4 is 9.47 Å². The molecule has 0 radical (unpaired) electrons. The van der Waals surface area contributed by atoms with Crippen LogP contribution in [0, 0.1) is 0 Å². The minimum Gasteiger partial charge on any atom is -0.497 e. The molecule has 8 heteroatoms. The second-order valence-electron chi connectivity index (χ2n) is 12.8. The molecule has 1 heterocycles. The lowest BCUT2D eigenvalue weighted by atomic mass is 9.81. The molecule has 1 fully saturated rings. The average Bonchev–Trinajstić information content (AvgIpc) is 2.92. The quantitative estimate of drug-likeness (QED) is 0.216. The summed E-state index contributed by atoms with van der Waals surface area (Å²) in [6.07, 6.45) is 0.675. The Bertz CT molecular complexity index is 1050. The molecule has 2 aromatic carbocycles. The van der Waals surface area contributed by atoms with Crippen molar-refractivity contribution in [2.45, 2.75) is 102 Å². The Kier molecular flexibility index (Phi) is 10.9. The van der Waals surface area contributed by atoms with Gasteiger partial charge in [-0.15, -0.1) is 0 Å². The molecule has 0 aromatic heterocycles. The molecule has 224 valence electrons. The van der Waals surface area contributed by atoms with Gasteiger partial charge in [0.15, 0.2) is 8.32 Å². The van der Waals surface area contributed by atoms with Crippen LogP contribution in [-0.2, 0) is 31.9 Å². The largest absolute Gasteiger partial charge is 0.497 e. The molecular formula is C32H50O7Si. The fourth-order valence-electron chi connectivity index (χ4n) is 4.76. The molecule has 0 amide bonds. The fraction of sp³-hybridized carbons (Fsp3) is 0.625. The Morgan fingerprint density at radius 3 is 1.85 bits per heavy atom. The van der Waals surface area contributed by atoms with Gasteiger partial charge < -0.3 is 33.2 Å². The monoisotopic (exact) mass is 574 g/mol. The molecule has 7 nitrogen and oxygen atoms in total. The molecule has 3 rings (SSSR count). The summed E-state index contributed by atoms with van der Waals surface area (Å²) >= 11 is 0. The third-order valence-corrected chi connectivity index (χ3v) is 13.1. The zero-order valence-electron chi connectivity index (χ0n) is 25.9. The van der Waals surface area contributed by atoms with E-state index in [1.165, 1.54) is 0 Å². The summed E-state index contributed by atoms with van der Waals surface area (Å²) in [7, 11) is 1.18. The Hall–Kier alpha value is -1.94. The van der Waals surface area contributed by atoms with E-state index in [0.29, 0.717) is 32.7 Å². The van der Waals surface area contributed by atoms with Crippen LogP contribution in [0.2, 0.25) is 18.1 Å². The van der Waals surface area contributed by atoms with Gasteiger partial charge in [-0.25, -0.2) is 0 Å². The minimum absolute atomic E-state index is 0.0266. The van der Waals surface area contributed by atoms with Crippen LogP contribution in [0.3, 0.4) is 0 Å². The highest BCUT2D eigenvalue weighted by Gasteiger charge is 2.55. The van der Waals surface area contributed by atoms with Crippen LogP contribution in [0.15, 0.2) is 48.5 Å². The Morgan fingerprint density at radius 2 is 1.38 bits per heavy atom. The standard InChI is InChI=1S/C32H50O7Si/c1-30(2,3)40(8,9)38-29-20-28(37-22-25-12-16-27(35-7)17-13-25)31(4,39-32(29,5)23-33)18-19-36-21-24-10-14-26(34-6)15-11-24/h10-17,28-29,33H,18-23H2,1-9H3/t28-,29+,31+,32-/m1/s1. The van der Waals surface area contributed by atoms with Crippen LogP contribution in [0.4, 0.5) is 0 Å². The van der Waals surface area contributed by atoms with Crippen molar-refractivity contribution >= 4 is 8.32 Å².